The van der Waals surface area contributed by atoms with Gasteiger partial charge in [0, 0.05) is 6.42 Å². The molecule has 0 saturated carbocycles. The lowest BCUT2D eigenvalue weighted by Crippen LogP contribution is -2.44. The number of ether oxygens (including phenoxy) is 3. The highest BCUT2D eigenvalue weighted by Gasteiger charge is 2.48. The van der Waals surface area contributed by atoms with Crippen molar-refractivity contribution >= 4 is 0 Å². The lowest BCUT2D eigenvalue weighted by atomic mass is 10.0. The van der Waals surface area contributed by atoms with Crippen LogP contribution >= 0.6 is 0 Å². The van der Waals surface area contributed by atoms with Crippen LogP contribution < -0.4 is 0 Å². The van der Waals surface area contributed by atoms with Gasteiger partial charge in [-0.1, -0.05) is 6.08 Å². The van der Waals surface area contributed by atoms with Crippen LogP contribution in [0.25, 0.3) is 0 Å². The van der Waals surface area contributed by atoms with Gasteiger partial charge in [-0.05, 0) is 43.9 Å². The third kappa shape index (κ3) is 1.54. The van der Waals surface area contributed by atoms with Gasteiger partial charge >= 0.3 is 0 Å². The lowest BCUT2D eigenvalue weighted by molar-refractivity contribution is -0.305. The van der Waals surface area contributed by atoms with E-state index in [1.54, 1.807) is 0 Å². The molecule has 2 unspecified atom stereocenters. The van der Waals surface area contributed by atoms with E-state index in [-0.39, 0.29) is 0 Å². The smallest absolute Gasteiger partial charge is 0.214 e. The summed E-state index contributed by atoms with van der Waals surface area (Å²) < 4.78 is 17.7. The van der Waals surface area contributed by atoms with Gasteiger partial charge in [0.25, 0.3) is 0 Å². The molecule has 3 nitrogen and oxygen atoms in total. The molecule has 3 aliphatic heterocycles. The van der Waals surface area contributed by atoms with Crippen molar-refractivity contribution in [3.63, 3.8) is 0 Å². The highest BCUT2D eigenvalue weighted by atomic mass is 16.8. The van der Waals surface area contributed by atoms with E-state index in [2.05, 4.69) is 13.0 Å². The molecular weight excluding hydrogens is 204 g/mol. The maximum absolute atomic E-state index is 6.11. The molecule has 0 radical (unpaired) electrons. The van der Waals surface area contributed by atoms with Gasteiger partial charge in [0.15, 0.2) is 5.79 Å². The fraction of sp³-hybridized carbons (Fsp3) is 0.692. The minimum Gasteiger partial charge on any atom is -0.346 e. The van der Waals surface area contributed by atoms with Gasteiger partial charge in [-0.15, -0.1) is 0 Å². The van der Waals surface area contributed by atoms with Crippen LogP contribution in [-0.4, -0.2) is 24.8 Å². The van der Waals surface area contributed by atoms with Crippen LogP contribution in [0.5, 0.6) is 0 Å². The molecule has 16 heavy (non-hydrogen) atoms. The Bertz CT molecular complexity index is 339. The standard InChI is InChI=1S/C13H18O3/c1-11-5-4-10-15-13(11)8-7-12(16-13)6-2-3-9-14-12/h5,7-8H,2-4,6,9-10H2,1H3. The summed E-state index contributed by atoms with van der Waals surface area (Å²) in [6.45, 7) is 3.56. The molecule has 88 valence electrons. The normalized spacial score (nSPS) is 42.9. The van der Waals surface area contributed by atoms with E-state index in [1.165, 1.54) is 0 Å². The van der Waals surface area contributed by atoms with Crippen molar-refractivity contribution in [3.05, 3.63) is 23.8 Å². The van der Waals surface area contributed by atoms with Gasteiger partial charge in [0.1, 0.15) is 0 Å². The predicted molar refractivity (Wildman–Crippen MR) is 59.8 cm³/mol. The predicted octanol–water partition coefficient (Wildman–Crippen LogP) is 2.53. The number of hydrogen-bond donors (Lipinski definition) is 0. The van der Waals surface area contributed by atoms with E-state index < -0.39 is 11.6 Å². The van der Waals surface area contributed by atoms with Crippen LogP contribution in [0.15, 0.2) is 23.8 Å². The minimum absolute atomic E-state index is 0.523. The second-order valence-electron chi connectivity index (χ2n) is 4.74. The lowest BCUT2D eigenvalue weighted by Gasteiger charge is -2.39. The van der Waals surface area contributed by atoms with Crippen molar-refractivity contribution in [1.29, 1.82) is 0 Å². The van der Waals surface area contributed by atoms with Crippen LogP contribution in [0.3, 0.4) is 0 Å². The molecule has 3 heteroatoms. The molecule has 0 amide bonds. The van der Waals surface area contributed by atoms with Crippen LogP contribution in [0.1, 0.15) is 32.6 Å². The van der Waals surface area contributed by atoms with E-state index in [0.29, 0.717) is 0 Å². The molecule has 1 saturated heterocycles. The summed E-state index contributed by atoms with van der Waals surface area (Å²) >= 11 is 0. The highest BCUT2D eigenvalue weighted by molar-refractivity contribution is 5.27. The minimum atomic E-state index is -0.643. The van der Waals surface area contributed by atoms with Crippen LogP contribution in [-0.2, 0) is 14.2 Å². The monoisotopic (exact) mass is 222 g/mol. The SMILES string of the molecule is CC1=CCCOC12C=CC1(CCCCO1)O2. The molecule has 0 N–H and O–H groups in total. The van der Waals surface area contributed by atoms with Crippen LogP contribution in [0.2, 0.25) is 0 Å². The Balaban J connectivity index is 1.84. The number of rotatable bonds is 0. The number of hydrogen-bond acceptors (Lipinski definition) is 3. The van der Waals surface area contributed by atoms with Gasteiger partial charge in [0.2, 0.25) is 5.79 Å². The van der Waals surface area contributed by atoms with Gasteiger partial charge in [-0.2, -0.15) is 0 Å². The molecule has 3 rings (SSSR count). The Morgan fingerprint density at radius 3 is 2.81 bits per heavy atom. The summed E-state index contributed by atoms with van der Waals surface area (Å²) in [5.74, 6) is -1.17. The molecule has 0 aromatic heterocycles. The van der Waals surface area contributed by atoms with Crippen molar-refractivity contribution in [3.8, 4) is 0 Å². The van der Waals surface area contributed by atoms with Crippen molar-refractivity contribution in [2.45, 2.75) is 44.2 Å². The molecule has 0 bridgehead atoms. The molecule has 3 aliphatic rings. The maximum Gasteiger partial charge on any atom is 0.214 e. The van der Waals surface area contributed by atoms with Gasteiger partial charge in [0.05, 0.1) is 13.2 Å². The van der Waals surface area contributed by atoms with E-state index in [1.807, 2.05) is 12.2 Å². The maximum atomic E-state index is 6.11. The molecule has 0 aromatic carbocycles. The summed E-state index contributed by atoms with van der Waals surface area (Å²) in [5.41, 5.74) is 1.14. The zero-order valence-corrected chi connectivity index (χ0v) is 9.70. The third-order valence-corrected chi connectivity index (χ3v) is 3.58. The first kappa shape index (κ1) is 10.5. The van der Waals surface area contributed by atoms with Crippen molar-refractivity contribution < 1.29 is 14.2 Å². The summed E-state index contributed by atoms with van der Waals surface area (Å²) in [5, 5.41) is 0. The van der Waals surface area contributed by atoms with Gasteiger partial charge in [-0.25, -0.2) is 0 Å². The van der Waals surface area contributed by atoms with E-state index >= 15 is 0 Å². The molecule has 2 atom stereocenters. The first-order valence-electron chi connectivity index (χ1n) is 6.11. The fourth-order valence-electron chi connectivity index (χ4n) is 2.60. The van der Waals surface area contributed by atoms with Crippen LogP contribution in [0.4, 0.5) is 0 Å². The zero-order valence-electron chi connectivity index (χ0n) is 9.70. The Hall–Kier alpha value is -0.640. The molecule has 3 heterocycles. The fourth-order valence-corrected chi connectivity index (χ4v) is 2.60. The average Bonchev–Trinajstić information content (AvgIpc) is 2.65. The van der Waals surface area contributed by atoms with E-state index in [4.69, 9.17) is 14.2 Å². The Labute approximate surface area is 96.1 Å². The third-order valence-electron chi connectivity index (χ3n) is 3.58. The average molecular weight is 222 g/mol. The first-order valence-corrected chi connectivity index (χ1v) is 6.11. The van der Waals surface area contributed by atoms with Gasteiger partial charge < -0.3 is 14.2 Å². The van der Waals surface area contributed by atoms with E-state index in [9.17, 15) is 0 Å². The molecule has 0 aliphatic carbocycles. The van der Waals surface area contributed by atoms with Crippen molar-refractivity contribution in [1.82, 2.24) is 0 Å². The second-order valence-corrected chi connectivity index (χ2v) is 4.74. The first-order chi connectivity index (χ1) is 7.75. The van der Waals surface area contributed by atoms with Gasteiger partial charge in [-0.3, -0.25) is 0 Å². The quantitative estimate of drug-likeness (QED) is 0.589. The zero-order chi connectivity index (χ0) is 11.1. The molecular formula is C13H18O3. The Kier molecular flexibility index (Phi) is 2.42. The van der Waals surface area contributed by atoms with Crippen LogP contribution in [0, 0.1) is 0 Å². The molecule has 1 fully saturated rings. The highest BCUT2D eigenvalue weighted by Crippen LogP contribution is 2.43. The van der Waals surface area contributed by atoms with Crippen molar-refractivity contribution in [2.24, 2.45) is 0 Å². The molecule has 0 aromatic rings. The summed E-state index contributed by atoms with van der Waals surface area (Å²) in [6, 6.07) is 0. The van der Waals surface area contributed by atoms with E-state index in [0.717, 1.165) is 44.5 Å². The second kappa shape index (κ2) is 3.69. The molecule has 2 spiro atoms. The summed E-state index contributed by atoms with van der Waals surface area (Å²) in [7, 11) is 0. The summed E-state index contributed by atoms with van der Waals surface area (Å²) in [4.78, 5) is 0. The Morgan fingerprint density at radius 2 is 2.06 bits per heavy atom. The summed E-state index contributed by atoms with van der Waals surface area (Å²) in [6.07, 6.45) is 10.4. The Morgan fingerprint density at radius 1 is 1.12 bits per heavy atom. The topological polar surface area (TPSA) is 27.7 Å². The van der Waals surface area contributed by atoms with Crippen molar-refractivity contribution in [2.75, 3.05) is 13.2 Å². The largest absolute Gasteiger partial charge is 0.346 e.